The highest BCUT2D eigenvalue weighted by molar-refractivity contribution is 5.42. The van der Waals surface area contributed by atoms with E-state index in [0.717, 1.165) is 23.5 Å². The van der Waals surface area contributed by atoms with Crippen molar-refractivity contribution in [2.24, 2.45) is 5.73 Å². The molecule has 0 aliphatic rings. The normalized spacial score (nSPS) is 12.0. The summed E-state index contributed by atoms with van der Waals surface area (Å²) < 4.78 is 10.7. The van der Waals surface area contributed by atoms with Crippen molar-refractivity contribution in [2.45, 2.75) is 26.2 Å². The highest BCUT2D eigenvalue weighted by Gasteiger charge is 2.15. The lowest BCUT2D eigenvalue weighted by atomic mass is 9.90. The number of hydrogen-bond acceptors (Lipinski definition) is 3. The molecule has 22 heavy (non-hydrogen) atoms. The Morgan fingerprint density at radius 2 is 1.73 bits per heavy atom. The van der Waals surface area contributed by atoms with Crippen molar-refractivity contribution >= 4 is 0 Å². The Bertz CT molecular complexity index is 637. The van der Waals surface area contributed by atoms with Gasteiger partial charge in [-0.2, -0.15) is 0 Å². The molecule has 0 heterocycles. The smallest absolute Gasteiger partial charge is 0.125 e. The fourth-order valence-electron chi connectivity index (χ4n) is 2.64. The number of ether oxygens (including phenoxy) is 2. The van der Waals surface area contributed by atoms with Crippen LogP contribution >= 0.6 is 0 Å². The van der Waals surface area contributed by atoms with Crippen LogP contribution in [0.4, 0.5) is 0 Å². The summed E-state index contributed by atoms with van der Waals surface area (Å²) in [6, 6.07) is 12.5. The predicted molar refractivity (Wildman–Crippen MR) is 91.0 cm³/mol. The molecule has 2 N–H and O–H groups in total. The van der Waals surface area contributed by atoms with Crippen LogP contribution in [0.25, 0.3) is 0 Å². The van der Waals surface area contributed by atoms with E-state index in [1.54, 1.807) is 14.2 Å². The second-order valence-electron chi connectivity index (χ2n) is 5.66. The van der Waals surface area contributed by atoms with Crippen LogP contribution in [0.1, 0.15) is 28.2 Å². The van der Waals surface area contributed by atoms with Crippen molar-refractivity contribution in [3.05, 3.63) is 58.7 Å². The fraction of sp³-hybridized carbons (Fsp3) is 0.368. The van der Waals surface area contributed by atoms with Gasteiger partial charge in [0.15, 0.2) is 0 Å². The fourth-order valence-corrected chi connectivity index (χ4v) is 2.64. The van der Waals surface area contributed by atoms with Gasteiger partial charge >= 0.3 is 0 Å². The van der Waals surface area contributed by atoms with Gasteiger partial charge in [0, 0.05) is 12.0 Å². The first-order chi connectivity index (χ1) is 10.6. The van der Waals surface area contributed by atoms with Gasteiger partial charge in [-0.1, -0.05) is 24.3 Å². The number of nitrogens with two attached hydrogens (primary N) is 1. The molecular formula is C19H25NO2. The van der Waals surface area contributed by atoms with E-state index in [1.165, 1.54) is 16.7 Å². The van der Waals surface area contributed by atoms with E-state index in [9.17, 15) is 0 Å². The number of rotatable bonds is 6. The van der Waals surface area contributed by atoms with E-state index in [0.29, 0.717) is 6.54 Å². The standard InChI is InChI=1S/C19H25NO2/c1-13-5-6-15(9-14(13)2)17(12-20)10-16-7-8-18(21-3)11-19(16)22-4/h5-9,11,17H,10,12,20H2,1-4H3. The topological polar surface area (TPSA) is 44.5 Å². The van der Waals surface area contributed by atoms with E-state index in [2.05, 4.69) is 38.1 Å². The van der Waals surface area contributed by atoms with E-state index >= 15 is 0 Å². The van der Waals surface area contributed by atoms with Crippen molar-refractivity contribution in [2.75, 3.05) is 20.8 Å². The monoisotopic (exact) mass is 299 g/mol. The first kappa shape index (κ1) is 16.4. The molecule has 0 bridgehead atoms. The Morgan fingerprint density at radius 3 is 2.32 bits per heavy atom. The van der Waals surface area contributed by atoms with Gasteiger partial charge in [0.2, 0.25) is 0 Å². The Kier molecular flexibility index (Phi) is 5.45. The summed E-state index contributed by atoms with van der Waals surface area (Å²) in [5, 5.41) is 0. The van der Waals surface area contributed by atoms with E-state index in [4.69, 9.17) is 15.2 Å². The van der Waals surface area contributed by atoms with Gasteiger partial charge < -0.3 is 15.2 Å². The minimum absolute atomic E-state index is 0.279. The van der Waals surface area contributed by atoms with Gasteiger partial charge in [0.25, 0.3) is 0 Å². The van der Waals surface area contributed by atoms with Crippen LogP contribution in [-0.4, -0.2) is 20.8 Å². The third-order valence-electron chi connectivity index (χ3n) is 4.25. The molecular weight excluding hydrogens is 274 g/mol. The van der Waals surface area contributed by atoms with E-state index < -0.39 is 0 Å². The van der Waals surface area contributed by atoms with Crippen LogP contribution in [0.5, 0.6) is 11.5 Å². The SMILES string of the molecule is COc1ccc(CC(CN)c2ccc(C)c(C)c2)c(OC)c1. The molecule has 3 heteroatoms. The summed E-state index contributed by atoms with van der Waals surface area (Å²) in [5.74, 6) is 1.93. The second-order valence-corrected chi connectivity index (χ2v) is 5.66. The van der Waals surface area contributed by atoms with Gasteiger partial charge in [-0.3, -0.25) is 0 Å². The molecule has 1 unspecified atom stereocenters. The number of aryl methyl sites for hydroxylation is 2. The summed E-state index contributed by atoms with van der Waals surface area (Å²) in [6.07, 6.45) is 0.853. The second kappa shape index (κ2) is 7.32. The molecule has 3 nitrogen and oxygen atoms in total. The van der Waals surface area contributed by atoms with Crippen LogP contribution in [-0.2, 0) is 6.42 Å². The lowest BCUT2D eigenvalue weighted by molar-refractivity contribution is 0.390. The largest absolute Gasteiger partial charge is 0.497 e. The van der Waals surface area contributed by atoms with Gasteiger partial charge in [-0.05, 0) is 55.1 Å². The highest BCUT2D eigenvalue weighted by atomic mass is 16.5. The van der Waals surface area contributed by atoms with Crippen molar-refractivity contribution in [1.29, 1.82) is 0 Å². The molecule has 0 radical (unpaired) electrons. The maximum Gasteiger partial charge on any atom is 0.125 e. The van der Waals surface area contributed by atoms with Crippen molar-refractivity contribution in [1.82, 2.24) is 0 Å². The summed E-state index contributed by atoms with van der Waals surface area (Å²) in [5.41, 5.74) is 11.1. The zero-order valence-corrected chi connectivity index (χ0v) is 13.8. The van der Waals surface area contributed by atoms with Crippen LogP contribution in [0.3, 0.4) is 0 Å². The number of hydrogen-bond donors (Lipinski definition) is 1. The molecule has 1 atom stereocenters. The van der Waals surface area contributed by atoms with Crippen molar-refractivity contribution < 1.29 is 9.47 Å². The van der Waals surface area contributed by atoms with Gasteiger partial charge in [0.1, 0.15) is 11.5 Å². The Morgan fingerprint density at radius 1 is 0.955 bits per heavy atom. The summed E-state index contributed by atoms with van der Waals surface area (Å²) in [4.78, 5) is 0. The van der Waals surface area contributed by atoms with Gasteiger partial charge in [0.05, 0.1) is 14.2 Å². The Balaban J connectivity index is 2.28. The molecule has 2 rings (SSSR count). The van der Waals surface area contributed by atoms with E-state index in [1.807, 2.05) is 12.1 Å². The van der Waals surface area contributed by atoms with Crippen LogP contribution in [0.15, 0.2) is 36.4 Å². The molecule has 0 saturated carbocycles. The first-order valence-electron chi connectivity index (χ1n) is 7.57. The quantitative estimate of drug-likeness (QED) is 0.886. The van der Waals surface area contributed by atoms with Crippen molar-refractivity contribution in [3.8, 4) is 11.5 Å². The van der Waals surface area contributed by atoms with Crippen LogP contribution in [0.2, 0.25) is 0 Å². The zero-order chi connectivity index (χ0) is 16.1. The number of benzene rings is 2. The van der Waals surface area contributed by atoms with Gasteiger partial charge in [-0.25, -0.2) is 0 Å². The minimum Gasteiger partial charge on any atom is -0.497 e. The molecule has 2 aromatic carbocycles. The molecule has 2 aromatic rings. The molecule has 0 fully saturated rings. The summed E-state index contributed by atoms with van der Waals surface area (Å²) >= 11 is 0. The molecule has 0 spiro atoms. The first-order valence-corrected chi connectivity index (χ1v) is 7.57. The highest BCUT2D eigenvalue weighted by Crippen LogP contribution is 2.30. The summed E-state index contributed by atoms with van der Waals surface area (Å²) in [7, 11) is 3.35. The lowest BCUT2D eigenvalue weighted by Crippen LogP contribution is -2.15. The molecule has 0 aromatic heterocycles. The minimum atomic E-state index is 0.279. The van der Waals surface area contributed by atoms with E-state index in [-0.39, 0.29) is 5.92 Å². The van der Waals surface area contributed by atoms with Gasteiger partial charge in [-0.15, -0.1) is 0 Å². The van der Waals surface area contributed by atoms with Crippen LogP contribution < -0.4 is 15.2 Å². The zero-order valence-electron chi connectivity index (χ0n) is 13.8. The molecule has 0 aliphatic carbocycles. The third-order valence-corrected chi connectivity index (χ3v) is 4.25. The average Bonchev–Trinajstić information content (AvgIpc) is 2.55. The number of methoxy groups -OCH3 is 2. The Labute approximate surface area is 133 Å². The van der Waals surface area contributed by atoms with Crippen LogP contribution in [0, 0.1) is 13.8 Å². The summed E-state index contributed by atoms with van der Waals surface area (Å²) in [6.45, 7) is 4.88. The predicted octanol–water partition coefficient (Wildman–Crippen LogP) is 3.61. The molecule has 118 valence electrons. The average molecular weight is 299 g/mol. The molecule has 0 amide bonds. The lowest BCUT2D eigenvalue weighted by Gasteiger charge is -2.19. The third kappa shape index (κ3) is 3.60. The molecule has 0 saturated heterocycles. The molecule has 0 aliphatic heterocycles. The van der Waals surface area contributed by atoms with Crippen molar-refractivity contribution in [3.63, 3.8) is 0 Å². The Hall–Kier alpha value is -2.00. The maximum atomic E-state index is 6.02. The maximum absolute atomic E-state index is 6.02.